The quantitative estimate of drug-likeness (QED) is 0.656. The number of piperazine rings is 1. The van der Waals surface area contributed by atoms with Crippen LogP contribution in [0.3, 0.4) is 0 Å². The van der Waals surface area contributed by atoms with Crippen LogP contribution in [0.4, 0.5) is 17.6 Å². The molecule has 1 aromatic carbocycles. The Morgan fingerprint density at radius 2 is 1.91 bits per heavy atom. The maximum Gasteiger partial charge on any atom is 0.422 e. The summed E-state index contributed by atoms with van der Waals surface area (Å²) in [5.41, 5.74) is -3.04. The minimum Gasteiger partial charge on any atom is -0.381 e. The smallest absolute Gasteiger partial charge is 0.381 e. The van der Waals surface area contributed by atoms with Crippen molar-refractivity contribution in [1.29, 1.82) is 0 Å². The highest BCUT2D eigenvalue weighted by molar-refractivity contribution is 5.97. The van der Waals surface area contributed by atoms with Crippen LogP contribution in [0.1, 0.15) is 45.6 Å². The van der Waals surface area contributed by atoms with Crippen LogP contribution in [0, 0.1) is 12.7 Å². The number of hydrogen-bond acceptors (Lipinski definition) is 5. The van der Waals surface area contributed by atoms with Crippen LogP contribution < -0.4 is 5.56 Å². The Bertz CT molecular complexity index is 1190. The predicted molar refractivity (Wildman–Crippen MR) is 115 cm³/mol. The summed E-state index contributed by atoms with van der Waals surface area (Å²) in [6.45, 7) is 2.67. The molecular weight excluding hydrogens is 472 g/mol. The number of hydrogen-bond donors (Lipinski definition) is 1. The molecule has 0 atom stereocenters. The molecule has 0 radical (unpaired) electrons. The number of halogens is 4. The van der Waals surface area contributed by atoms with Gasteiger partial charge in [0.25, 0.3) is 11.5 Å². The minimum absolute atomic E-state index is 0.0535. The van der Waals surface area contributed by atoms with Gasteiger partial charge in [0.2, 0.25) is 5.91 Å². The fourth-order valence-corrected chi connectivity index (χ4v) is 4.54. The third kappa shape index (κ3) is 5.21. The molecule has 0 saturated carbocycles. The van der Waals surface area contributed by atoms with Crippen LogP contribution in [0.2, 0.25) is 0 Å². The van der Waals surface area contributed by atoms with E-state index in [-0.39, 0.29) is 48.3 Å². The molecule has 2 fully saturated rings. The number of benzene rings is 1. The van der Waals surface area contributed by atoms with Gasteiger partial charge in [0.1, 0.15) is 17.9 Å². The van der Waals surface area contributed by atoms with Crippen molar-refractivity contribution in [2.45, 2.75) is 38.4 Å². The number of nitrogens with zero attached hydrogens (tertiary/aromatic N) is 3. The third-order valence-corrected chi connectivity index (χ3v) is 6.42. The first kappa shape index (κ1) is 24.8. The topological polar surface area (TPSA) is 95.6 Å². The summed E-state index contributed by atoms with van der Waals surface area (Å²) in [6.07, 6.45) is -3.57. The van der Waals surface area contributed by atoms with Crippen molar-refractivity contribution in [3.05, 3.63) is 62.3 Å². The molecule has 2 amide bonds. The van der Waals surface area contributed by atoms with Crippen LogP contribution in [0.15, 0.2) is 23.0 Å². The summed E-state index contributed by atoms with van der Waals surface area (Å²) in [5.74, 6) is -1.70. The fourth-order valence-electron chi connectivity index (χ4n) is 4.54. The molecule has 0 bridgehead atoms. The first-order valence-corrected chi connectivity index (χ1v) is 11.2. The summed E-state index contributed by atoms with van der Waals surface area (Å²) in [6, 6.07) is 3.68. The molecule has 1 N–H and O–H groups in total. The Kier molecular flexibility index (Phi) is 6.93. The van der Waals surface area contributed by atoms with Gasteiger partial charge in [-0.3, -0.25) is 14.4 Å². The summed E-state index contributed by atoms with van der Waals surface area (Å²) in [4.78, 5) is 40.4. The monoisotopic (exact) mass is 496 g/mol. The van der Waals surface area contributed by atoms with E-state index >= 15 is 0 Å². The number of ether oxygens (including phenoxy) is 1. The van der Waals surface area contributed by atoms with E-state index in [2.05, 4.69) is 5.10 Å². The zero-order valence-corrected chi connectivity index (χ0v) is 19.0. The molecule has 4 rings (SSSR count). The number of amides is 2. The van der Waals surface area contributed by atoms with Gasteiger partial charge < -0.3 is 14.5 Å². The van der Waals surface area contributed by atoms with Gasteiger partial charge in [-0.15, -0.1) is 0 Å². The minimum atomic E-state index is -4.86. The van der Waals surface area contributed by atoms with Crippen molar-refractivity contribution in [3.63, 3.8) is 0 Å². The van der Waals surface area contributed by atoms with Crippen LogP contribution in [0.25, 0.3) is 0 Å². The first-order chi connectivity index (χ1) is 16.6. The zero-order chi connectivity index (χ0) is 25.3. The number of H-pyrrole nitrogens is 1. The highest BCUT2D eigenvalue weighted by atomic mass is 19.4. The second-order valence-corrected chi connectivity index (χ2v) is 8.65. The molecule has 0 spiro atoms. The highest BCUT2D eigenvalue weighted by Gasteiger charge is 2.37. The van der Waals surface area contributed by atoms with Crippen molar-refractivity contribution in [2.24, 2.45) is 0 Å². The van der Waals surface area contributed by atoms with Crippen molar-refractivity contribution in [2.75, 3.05) is 32.8 Å². The molecule has 2 aliphatic heterocycles. The van der Waals surface area contributed by atoms with Crippen LogP contribution in [-0.4, -0.2) is 70.7 Å². The van der Waals surface area contributed by atoms with E-state index in [9.17, 15) is 31.9 Å². The van der Waals surface area contributed by atoms with E-state index in [1.54, 1.807) is 4.90 Å². The molecule has 8 nitrogen and oxygen atoms in total. The van der Waals surface area contributed by atoms with Gasteiger partial charge in [-0.05, 0) is 43.0 Å². The standard InChI is InChI=1S/C23H24F4N4O4/c1-13-18(28-29-21(33)20(13)23(25,26)27)11-14-2-3-17(24)16(10-14)22(34)30-6-7-31(19(32)12-30)15-4-8-35-9-5-15/h2-3,10,15H,4-9,11-12H2,1H3,(H,29,33). The second kappa shape index (κ2) is 9.76. The molecular formula is C23H24F4N4O4. The van der Waals surface area contributed by atoms with Gasteiger partial charge in [0.15, 0.2) is 0 Å². The Morgan fingerprint density at radius 3 is 2.57 bits per heavy atom. The molecule has 12 heteroatoms. The molecule has 2 aliphatic rings. The summed E-state index contributed by atoms with van der Waals surface area (Å²) >= 11 is 0. The number of aromatic nitrogens is 2. The van der Waals surface area contributed by atoms with Crippen molar-refractivity contribution >= 4 is 11.8 Å². The van der Waals surface area contributed by atoms with E-state index in [4.69, 9.17) is 4.74 Å². The number of carbonyl (C=O) groups excluding carboxylic acids is 2. The Morgan fingerprint density at radius 1 is 1.20 bits per heavy atom. The van der Waals surface area contributed by atoms with Gasteiger partial charge in [-0.2, -0.15) is 18.3 Å². The Hall–Kier alpha value is -3.28. The van der Waals surface area contributed by atoms with E-state index in [1.807, 2.05) is 5.10 Å². The lowest BCUT2D eigenvalue weighted by atomic mass is 10.0. The highest BCUT2D eigenvalue weighted by Crippen LogP contribution is 2.30. The SMILES string of the molecule is Cc1c(Cc2ccc(F)c(C(=O)N3CCN(C4CCOCC4)C(=O)C3)c2)n[nH]c(=O)c1C(F)(F)F. The van der Waals surface area contributed by atoms with E-state index in [0.29, 0.717) is 25.3 Å². The molecule has 188 valence electrons. The van der Waals surface area contributed by atoms with Crippen LogP contribution in [0.5, 0.6) is 0 Å². The van der Waals surface area contributed by atoms with Gasteiger partial charge in [-0.1, -0.05) is 6.07 Å². The molecule has 0 unspecified atom stereocenters. The van der Waals surface area contributed by atoms with Crippen LogP contribution in [-0.2, 0) is 22.1 Å². The molecule has 2 saturated heterocycles. The summed E-state index contributed by atoms with van der Waals surface area (Å²) in [7, 11) is 0. The molecule has 35 heavy (non-hydrogen) atoms. The van der Waals surface area contributed by atoms with Crippen molar-refractivity contribution in [3.8, 4) is 0 Å². The largest absolute Gasteiger partial charge is 0.422 e. The van der Waals surface area contributed by atoms with Gasteiger partial charge >= 0.3 is 6.18 Å². The average Bonchev–Trinajstić information content (AvgIpc) is 2.81. The van der Waals surface area contributed by atoms with E-state index in [0.717, 1.165) is 25.8 Å². The fraction of sp³-hybridized carbons (Fsp3) is 0.478. The Balaban J connectivity index is 1.52. The van der Waals surface area contributed by atoms with Crippen LogP contribution >= 0.6 is 0 Å². The van der Waals surface area contributed by atoms with E-state index < -0.39 is 29.0 Å². The van der Waals surface area contributed by atoms with Crippen molar-refractivity contribution < 1.29 is 31.9 Å². The van der Waals surface area contributed by atoms with Gasteiger partial charge in [0, 0.05) is 38.8 Å². The maximum atomic E-state index is 14.6. The maximum absolute atomic E-state index is 14.6. The Labute approximate surface area is 197 Å². The molecule has 3 heterocycles. The lowest BCUT2D eigenvalue weighted by Crippen LogP contribution is -2.56. The normalized spacial score (nSPS) is 17.7. The lowest BCUT2D eigenvalue weighted by molar-refractivity contribution is -0.140. The second-order valence-electron chi connectivity index (χ2n) is 8.65. The molecule has 0 aliphatic carbocycles. The lowest BCUT2D eigenvalue weighted by Gasteiger charge is -2.40. The number of alkyl halides is 3. The molecule has 1 aromatic heterocycles. The third-order valence-electron chi connectivity index (χ3n) is 6.42. The van der Waals surface area contributed by atoms with Gasteiger partial charge in [-0.25, -0.2) is 9.49 Å². The van der Waals surface area contributed by atoms with E-state index in [1.165, 1.54) is 17.0 Å². The average molecular weight is 496 g/mol. The number of rotatable bonds is 4. The van der Waals surface area contributed by atoms with Crippen molar-refractivity contribution in [1.82, 2.24) is 20.0 Å². The number of aromatic amines is 1. The number of carbonyl (C=O) groups is 2. The summed E-state index contributed by atoms with van der Waals surface area (Å²) in [5, 5.41) is 5.56. The van der Waals surface area contributed by atoms with Gasteiger partial charge in [0.05, 0.1) is 11.3 Å². The molecule has 2 aromatic rings. The zero-order valence-electron chi connectivity index (χ0n) is 19.0. The first-order valence-electron chi connectivity index (χ1n) is 11.2. The number of nitrogens with one attached hydrogen (secondary N) is 1. The summed E-state index contributed by atoms with van der Waals surface area (Å²) < 4.78 is 59.6. The predicted octanol–water partition coefficient (Wildman–Crippen LogP) is 2.29.